The van der Waals surface area contributed by atoms with Gasteiger partial charge in [-0.25, -0.2) is 13.6 Å². The van der Waals surface area contributed by atoms with Crippen molar-refractivity contribution in [2.75, 3.05) is 36.1 Å². The van der Waals surface area contributed by atoms with Gasteiger partial charge in [0.2, 0.25) is 21.9 Å². The Kier molecular flexibility index (Phi) is 6.39. The van der Waals surface area contributed by atoms with E-state index in [4.69, 9.17) is 9.88 Å². The van der Waals surface area contributed by atoms with Crippen LogP contribution in [0.2, 0.25) is 0 Å². The van der Waals surface area contributed by atoms with Crippen LogP contribution >= 0.6 is 0 Å². The second-order valence-corrected chi connectivity index (χ2v) is 5.65. The summed E-state index contributed by atoms with van der Waals surface area (Å²) < 4.78 is 26.9. The number of nitrogens with zero attached hydrogens (tertiary/aromatic N) is 3. The second-order valence-electron chi connectivity index (χ2n) is 3.92. The lowest BCUT2D eigenvalue weighted by Gasteiger charge is -2.09. The van der Waals surface area contributed by atoms with Crippen LogP contribution in [0.4, 0.5) is 11.9 Å². The third-order valence-corrected chi connectivity index (χ3v) is 2.86. The van der Waals surface area contributed by atoms with E-state index in [1.165, 1.54) is 0 Å². The molecule has 20 heavy (non-hydrogen) atoms. The quantitative estimate of drug-likeness (QED) is 0.571. The normalized spacial score (nSPS) is 11.2. The van der Waals surface area contributed by atoms with Crippen LogP contribution in [0, 0.1) is 0 Å². The lowest BCUT2D eigenvalue weighted by molar-refractivity contribution is 0.312. The smallest absolute Gasteiger partial charge is 0.323 e. The molecule has 9 nitrogen and oxygen atoms in total. The molecule has 0 aliphatic heterocycles. The molecular weight excluding hydrogens is 284 g/mol. The van der Waals surface area contributed by atoms with Gasteiger partial charge in [0, 0.05) is 13.1 Å². The first-order valence-corrected chi connectivity index (χ1v) is 8.03. The van der Waals surface area contributed by atoms with Crippen molar-refractivity contribution < 1.29 is 13.2 Å². The average Bonchev–Trinajstić information content (AvgIpc) is 2.35. The number of hydrogen-bond donors (Lipinski definition) is 3. The van der Waals surface area contributed by atoms with Crippen molar-refractivity contribution in [1.29, 1.82) is 0 Å². The summed E-state index contributed by atoms with van der Waals surface area (Å²) in [4.78, 5) is 12.2. The number of hydrogen-bond acceptors (Lipinski definition) is 8. The summed E-state index contributed by atoms with van der Waals surface area (Å²) in [6.07, 6.45) is 0.920. The fraction of sp³-hybridized carbons (Fsp3) is 0.700. The van der Waals surface area contributed by atoms with Gasteiger partial charge in [0.15, 0.2) is 0 Å². The van der Waals surface area contributed by atoms with Crippen molar-refractivity contribution >= 4 is 21.9 Å². The first-order chi connectivity index (χ1) is 9.44. The van der Waals surface area contributed by atoms with Gasteiger partial charge < -0.3 is 15.4 Å². The lowest BCUT2D eigenvalue weighted by Crippen LogP contribution is -2.23. The zero-order valence-corrected chi connectivity index (χ0v) is 12.4. The average molecular weight is 304 g/mol. The number of primary sulfonamides is 1. The van der Waals surface area contributed by atoms with Crippen molar-refractivity contribution in [2.45, 2.75) is 20.3 Å². The molecule has 1 rings (SSSR count). The SMILES string of the molecule is CCCNc1nc(NCCS(N)(=O)=O)nc(OCC)n1. The summed E-state index contributed by atoms with van der Waals surface area (Å²) in [6.45, 7) is 5.08. The molecule has 114 valence electrons. The van der Waals surface area contributed by atoms with Gasteiger partial charge in [0.05, 0.1) is 12.4 Å². The Bertz CT molecular complexity index is 522. The molecule has 1 heterocycles. The topological polar surface area (TPSA) is 132 Å². The molecule has 0 fully saturated rings. The highest BCUT2D eigenvalue weighted by atomic mass is 32.2. The van der Waals surface area contributed by atoms with E-state index in [0.717, 1.165) is 6.42 Å². The predicted octanol–water partition coefficient (Wildman–Crippen LogP) is -0.207. The Morgan fingerprint density at radius 2 is 1.70 bits per heavy atom. The number of anilines is 2. The minimum atomic E-state index is -3.52. The van der Waals surface area contributed by atoms with Crippen LogP contribution in [0.15, 0.2) is 0 Å². The maximum absolute atomic E-state index is 10.8. The number of nitrogens with one attached hydrogen (secondary N) is 2. The van der Waals surface area contributed by atoms with Gasteiger partial charge in [-0.3, -0.25) is 0 Å². The second kappa shape index (κ2) is 7.80. The van der Waals surface area contributed by atoms with Gasteiger partial charge in [-0.1, -0.05) is 6.92 Å². The molecule has 0 radical (unpaired) electrons. The van der Waals surface area contributed by atoms with E-state index in [1.54, 1.807) is 0 Å². The van der Waals surface area contributed by atoms with Crippen LogP contribution in [-0.2, 0) is 10.0 Å². The van der Waals surface area contributed by atoms with E-state index in [1.807, 2.05) is 13.8 Å². The molecule has 0 saturated heterocycles. The summed E-state index contributed by atoms with van der Waals surface area (Å²) in [5.74, 6) is 0.412. The van der Waals surface area contributed by atoms with Crippen molar-refractivity contribution in [3.63, 3.8) is 0 Å². The Morgan fingerprint density at radius 3 is 2.20 bits per heavy atom. The molecule has 0 saturated carbocycles. The van der Waals surface area contributed by atoms with Crippen LogP contribution in [-0.4, -0.2) is 48.8 Å². The van der Waals surface area contributed by atoms with E-state index in [-0.39, 0.29) is 24.3 Å². The standard InChI is InChI=1S/C10H20N6O3S/c1-3-5-12-8-14-9(13-6-7-20(11,17)18)16-10(15-8)19-4-2/h3-7H2,1-2H3,(H2,11,17,18)(H2,12,13,14,15,16). The fourth-order valence-corrected chi connectivity index (χ4v) is 1.64. The first kappa shape index (κ1) is 16.4. The zero-order valence-electron chi connectivity index (χ0n) is 11.6. The summed E-state index contributed by atoms with van der Waals surface area (Å²) in [7, 11) is -3.52. The van der Waals surface area contributed by atoms with Gasteiger partial charge in [-0.15, -0.1) is 0 Å². The molecule has 0 atom stereocenters. The molecule has 0 bridgehead atoms. The first-order valence-electron chi connectivity index (χ1n) is 6.31. The summed E-state index contributed by atoms with van der Waals surface area (Å²) >= 11 is 0. The highest BCUT2D eigenvalue weighted by molar-refractivity contribution is 7.89. The third-order valence-electron chi connectivity index (χ3n) is 2.09. The largest absolute Gasteiger partial charge is 0.464 e. The minimum absolute atomic E-state index is 0.113. The van der Waals surface area contributed by atoms with Crippen molar-refractivity contribution in [2.24, 2.45) is 5.14 Å². The number of nitrogens with two attached hydrogens (primary N) is 1. The monoisotopic (exact) mass is 304 g/mol. The van der Waals surface area contributed by atoms with Crippen LogP contribution in [0.3, 0.4) is 0 Å². The maximum atomic E-state index is 10.8. The fourth-order valence-electron chi connectivity index (χ4n) is 1.25. The molecule has 0 unspecified atom stereocenters. The van der Waals surface area contributed by atoms with Gasteiger partial charge in [0.1, 0.15) is 0 Å². The molecule has 0 aliphatic carbocycles. The zero-order chi connectivity index (χ0) is 15.0. The van der Waals surface area contributed by atoms with Gasteiger partial charge in [0.25, 0.3) is 0 Å². The summed E-state index contributed by atoms with van der Waals surface area (Å²) in [5.41, 5.74) is 0. The molecule has 4 N–H and O–H groups in total. The summed E-state index contributed by atoms with van der Waals surface area (Å²) in [5, 5.41) is 10.7. The lowest BCUT2D eigenvalue weighted by atomic mass is 10.5. The number of rotatable bonds is 9. The summed E-state index contributed by atoms with van der Waals surface area (Å²) in [6, 6.07) is 0.180. The van der Waals surface area contributed by atoms with E-state index >= 15 is 0 Å². The van der Waals surface area contributed by atoms with E-state index in [0.29, 0.717) is 19.1 Å². The molecule has 0 spiro atoms. The molecule has 0 amide bonds. The van der Waals surface area contributed by atoms with E-state index < -0.39 is 10.0 Å². The Morgan fingerprint density at radius 1 is 1.10 bits per heavy atom. The maximum Gasteiger partial charge on any atom is 0.323 e. The third kappa shape index (κ3) is 6.48. The Labute approximate surface area is 118 Å². The number of sulfonamides is 1. The Balaban J connectivity index is 2.74. The minimum Gasteiger partial charge on any atom is -0.464 e. The van der Waals surface area contributed by atoms with E-state index in [9.17, 15) is 8.42 Å². The predicted molar refractivity (Wildman–Crippen MR) is 76.2 cm³/mol. The molecule has 10 heteroatoms. The van der Waals surface area contributed by atoms with Crippen LogP contribution in [0.1, 0.15) is 20.3 Å². The highest BCUT2D eigenvalue weighted by Crippen LogP contribution is 2.11. The molecule has 1 aromatic heterocycles. The van der Waals surface area contributed by atoms with E-state index in [2.05, 4.69) is 25.6 Å². The number of aromatic nitrogens is 3. The Hall–Kier alpha value is -1.68. The highest BCUT2D eigenvalue weighted by Gasteiger charge is 2.08. The molecular formula is C10H20N6O3S. The molecule has 0 aliphatic rings. The van der Waals surface area contributed by atoms with Gasteiger partial charge in [-0.05, 0) is 13.3 Å². The van der Waals surface area contributed by atoms with Crippen molar-refractivity contribution in [3.8, 4) is 6.01 Å². The van der Waals surface area contributed by atoms with Crippen LogP contribution in [0.5, 0.6) is 6.01 Å². The van der Waals surface area contributed by atoms with Crippen molar-refractivity contribution in [1.82, 2.24) is 15.0 Å². The van der Waals surface area contributed by atoms with Gasteiger partial charge >= 0.3 is 6.01 Å². The van der Waals surface area contributed by atoms with Crippen LogP contribution < -0.4 is 20.5 Å². The number of ether oxygens (including phenoxy) is 1. The molecule has 0 aromatic carbocycles. The molecule has 1 aromatic rings. The van der Waals surface area contributed by atoms with Crippen molar-refractivity contribution in [3.05, 3.63) is 0 Å². The van der Waals surface area contributed by atoms with Gasteiger partial charge in [-0.2, -0.15) is 15.0 Å². The van der Waals surface area contributed by atoms with Crippen LogP contribution in [0.25, 0.3) is 0 Å².